The molecule has 2 rings (SSSR count). The van der Waals surface area contributed by atoms with Gasteiger partial charge in [0, 0.05) is 0 Å². The van der Waals surface area contributed by atoms with Gasteiger partial charge in [0.25, 0.3) is 0 Å². The van der Waals surface area contributed by atoms with Crippen LogP contribution in [0.3, 0.4) is 0 Å². The minimum Gasteiger partial charge on any atom is -0.608 e. The molecule has 1 atom stereocenters. The van der Waals surface area contributed by atoms with Crippen LogP contribution in [0.15, 0.2) is 30.3 Å². The molecular weight excluding hydrogens is 287 g/mol. The van der Waals surface area contributed by atoms with Crippen molar-refractivity contribution in [3.8, 4) is 0 Å². The summed E-state index contributed by atoms with van der Waals surface area (Å²) >= 11 is 0. The van der Waals surface area contributed by atoms with Crippen LogP contribution in [0, 0.1) is 0 Å². The van der Waals surface area contributed by atoms with Crippen molar-refractivity contribution in [3.05, 3.63) is 41.2 Å². The molecule has 1 saturated heterocycles. The van der Waals surface area contributed by atoms with Gasteiger partial charge in [0.2, 0.25) is 6.09 Å². The maximum absolute atomic E-state index is 10.6. The van der Waals surface area contributed by atoms with Gasteiger partial charge in [-0.3, -0.25) is 4.79 Å². The topological polar surface area (TPSA) is 40.4 Å². The average Bonchev–Trinajstić information content (AvgIpc) is 2.54. The number of amides is 1. The minimum absolute atomic E-state index is 0. The maximum atomic E-state index is 10.6. The summed E-state index contributed by atoms with van der Waals surface area (Å²) in [5, 5.41) is 3.80. The zero-order valence-electron chi connectivity index (χ0n) is 7.43. The van der Waals surface area contributed by atoms with Gasteiger partial charge in [-0.15, -0.1) is 0 Å². The number of nitrogens with zero attached hydrogens (tertiary/aromatic N) is 1. The van der Waals surface area contributed by atoms with Crippen LogP contribution in [0.25, 0.3) is 5.32 Å². The van der Waals surface area contributed by atoms with Gasteiger partial charge in [0.15, 0.2) is 0 Å². The van der Waals surface area contributed by atoms with Gasteiger partial charge >= 0.3 is 68.9 Å². The molecule has 13 heavy (non-hydrogen) atoms. The predicted octanol–water partition coefficient (Wildman–Crippen LogP) is -0.744. The Balaban J connectivity index is 0.000000845. The second kappa shape index (κ2) is 5.43. The SMILES string of the molecule is O=C1[N-]C(c2ccccc2)CO1.[Cs+]. The third kappa shape index (κ3) is 3.00. The Labute approximate surface area is 136 Å². The number of hydrogen-bond acceptors (Lipinski definition) is 2. The van der Waals surface area contributed by atoms with Crippen LogP contribution in [-0.4, -0.2) is 12.7 Å². The average molecular weight is 295 g/mol. The Bertz CT molecular complexity index is 289. The molecule has 0 radical (unpaired) electrons. The second-order valence-corrected chi connectivity index (χ2v) is 2.63. The van der Waals surface area contributed by atoms with E-state index in [1.807, 2.05) is 30.3 Å². The zero-order chi connectivity index (χ0) is 8.39. The molecule has 1 aliphatic heterocycles. The van der Waals surface area contributed by atoms with E-state index in [0.717, 1.165) is 5.56 Å². The van der Waals surface area contributed by atoms with Crippen LogP contribution in [-0.2, 0) is 4.74 Å². The van der Waals surface area contributed by atoms with E-state index in [-0.39, 0.29) is 74.9 Å². The van der Waals surface area contributed by atoms with E-state index >= 15 is 0 Å². The number of benzene rings is 1. The van der Waals surface area contributed by atoms with E-state index in [1.54, 1.807) is 0 Å². The van der Waals surface area contributed by atoms with Gasteiger partial charge in [-0.25, -0.2) is 0 Å². The number of carbonyl (C=O) groups is 1. The summed E-state index contributed by atoms with van der Waals surface area (Å²) in [7, 11) is 0. The third-order valence-corrected chi connectivity index (χ3v) is 1.81. The molecule has 0 aliphatic carbocycles. The Hall–Kier alpha value is 0.542. The molecule has 0 saturated carbocycles. The number of ether oxygens (including phenoxy) is 1. The Morgan fingerprint density at radius 1 is 1.31 bits per heavy atom. The van der Waals surface area contributed by atoms with Crippen LogP contribution >= 0.6 is 0 Å². The molecule has 0 N–H and O–H groups in total. The first kappa shape index (κ1) is 11.6. The quantitative estimate of drug-likeness (QED) is 0.684. The smallest absolute Gasteiger partial charge is 0.608 e. The first-order valence-corrected chi connectivity index (χ1v) is 3.79. The monoisotopic (exact) mass is 295 g/mol. The third-order valence-electron chi connectivity index (χ3n) is 1.81. The number of hydrogen-bond donors (Lipinski definition) is 0. The van der Waals surface area contributed by atoms with E-state index in [2.05, 4.69) is 5.32 Å². The summed E-state index contributed by atoms with van der Waals surface area (Å²) in [6.45, 7) is 0.378. The fourth-order valence-electron chi connectivity index (χ4n) is 1.20. The van der Waals surface area contributed by atoms with Crippen LogP contribution < -0.4 is 68.9 Å². The van der Waals surface area contributed by atoms with Crippen molar-refractivity contribution in [1.82, 2.24) is 0 Å². The summed E-state index contributed by atoms with van der Waals surface area (Å²) in [5.41, 5.74) is 1.03. The van der Waals surface area contributed by atoms with Crippen molar-refractivity contribution in [2.75, 3.05) is 6.61 Å². The van der Waals surface area contributed by atoms with Gasteiger partial charge in [-0.1, -0.05) is 41.9 Å². The van der Waals surface area contributed by atoms with E-state index < -0.39 is 6.09 Å². The fourth-order valence-corrected chi connectivity index (χ4v) is 1.20. The molecule has 1 aromatic carbocycles. The molecule has 0 spiro atoms. The van der Waals surface area contributed by atoms with Crippen molar-refractivity contribution in [2.45, 2.75) is 6.04 Å². The minimum atomic E-state index is -0.455. The maximum Gasteiger partial charge on any atom is 1.00 e. The second-order valence-electron chi connectivity index (χ2n) is 2.63. The summed E-state index contributed by atoms with van der Waals surface area (Å²) in [4.78, 5) is 10.6. The molecule has 1 amide bonds. The van der Waals surface area contributed by atoms with E-state index in [0.29, 0.717) is 6.61 Å². The van der Waals surface area contributed by atoms with Crippen molar-refractivity contribution >= 4 is 6.09 Å². The van der Waals surface area contributed by atoms with Gasteiger partial charge < -0.3 is 10.1 Å². The Kier molecular flexibility index (Phi) is 4.85. The van der Waals surface area contributed by atoms with E-state index in [4.69, 9.17) is 4.74 Å². The first-order chi connectivity index (χ1) is 5.86. The summed E-state index contributed by atoms with van der Waals surface area (Å²) < 4.78 is 4.71. The van der Waals surface area contributed by atoms with Crippen LogP contribution in [0.4, 0.5) is 4.79 Å². The fraction of sp³-hybridized carbons (Fsp3) is 0.222. The molecule has 1 unspecified atom stereocenters. The van der Waals surface area contributed by atoms with Gasteiger partial charge in [-0.05, 0) is 0 Å². The number of cyclic esters (lactones) is 1. The normalized spacial score (nSPS) is 20.0. The molecule has 1 aromatic rings. The summed E-state index contributed by atoms with van der Waals surface area (Å²) in [6.07, 6.45) is -0.455. The molecule has 0 bridgehead atoms. The number of carbonyl (C=O) groups excluding carboxylic acids is 1. The predicted molar refractivity (Wildman–Crippen MR) is 43.9 cm³/mol. The van der Waals surface area contributed by atoms with Crippen molar-refractivity contribution in [3.63, 3.8) is 0 Å². The molecule has 1 aliphatic rings. The molecule has 1 fully saturated rings. The standard InChI is InChI=1S/C9H9NO2.Cs/c11-9-10-8(6-12-9)7-4-2-1-3-5-7;/h1-5,8H,6H2,(H,10,11);/q;+1/p-1. The Morgan fingerprint density at radius 3 is 2.54 bits per heavy atom. The molecule has 62 valence electrons. The summed E-state index contributed by atoms with van der Waals surface area (Å²) in [6, 6.07) is 9.56. The van der Waals surface area contributed by atoms with Gasteiger partial charge in [-0.2, -0.15) is 0 Å². The molecule has 3 nitrogen and oxygen atoms in total. The largest absolute Gasteiger partial charge is 1.00 e. The summed E-state index contributed by atoms with van der Waals surface area (Å²) in [5.74, 6) is 0. The number of rotatable bonds is 1. The molecule has 0 aromatic heterocycles. The Morgan fingerprint density at radius 2 is 2.00 bits per heavy atom. The van der Waals surface area contributed by atoms with E-state index in [9.17, 15) is 4.79 Å². The molecule has 1 heterocycles. The van der Waals surface area contributed by atoms with Gasteiger partial charge in [0.05, 0.1) is 6.61 Å². The molecule has 4 heteroatoms. The first-order valence-electron chi connectivity index (χ1n) is 3.79. The van der Waals surface area contributed by atoms with Crippen molar-refractivity contribution in [1.29, 1.82) is 0 Å². The zero-order valence-corrected chi connectivity index (χ0v) is 13.7. The van der Waals surface area contributed by atoms with Crippen molar-refractivity contribution in [2.24, 2.45) is 0 Å². The van der Waals surface area contributed by atoms with Crippen molar-refractivity contribution < 1.29 is 78.4 Å². The van der Waals surface area contributed by atoms with E-state index in [1.165, 1.54) is 0 Å². The van der Waals surface area contributed by atoms with Crippen LogP contribution in [0.5, 0.6) is 0 Å². The molecular formula is C9H8CsNO2. The van der Waals surface area contributed by atoms with Crippen LogP contribution in [0.2, 0.25) is 0 Å². The van der Waals surface area contributed by atoms with Crippen LogP contribution in [0.1, 0.15) is 11.6 Å². The van der Waals surface area contributed by atoms with Gasteiger partial charge in [0.1, 0.15) is 0 Å².